The van der Waals surface area contributed by atoms with Crippen LogP contribution in [0.5, 0.6) is 0 Å². The van der Waals surface area contributed by atoms with Crippen molar-refractivity contribution in [3.63, 3.8) is 0 Å². The summed E-state index contributed by atoms with van der Waals surface area (Å²) in [6.07, 6.45) is 1.13. The van der Waals surface area contributed by atoms with Crippen molar-refractivity contribution in [1.82, 2.24) is 5.32 Å². The average Bonchev–Trinajstić information content (AvgIpc) is 2.24. The second-order valence-corrected chi connectivity index (χ2v) is 3.40. The molecule has 0 aliphatic carbocycles. The van der Waals surface area contributed by atoms with Gasteiger partial charge in [0.15, 0.2) is 5.79 Å². The molecule has 0 bridgehead atoms. The SMILES string of the molecule is C[C@@]12OCCNC[C@@H]1CCO2. The van der Waals surface area contributed by atoms with Crippen LogP contribution in [0, 0.1) is 5.92 Å². The summed E-state index contributed by atoms with van der Waals surface area (Å²) in [6, 6.07) is 0. The van der Waals surface area contributed by atoms with E-state index in [1.54, 1.807) is 0 Å². The first-order valence-electron chi connectivity index (χ1n) is 4.30. The van der Waals surface area contributed by atoms with Crippen LogP contribution in [0.3, 0.4) is 0 Å². The van der Waals surface area contributed by atoms with Crippen molar-refractivity contribution < 1.29 is 9.47 Å². The molecule has 0 aromatic heterocycles. The summed E-state index contributed by atoms with van der Waals surface area (Å²) in [5.74, 6) is 0.258. The smallest absolute Gasteiger partial charge is 0.169 e. The van der Waals surface area contributed by atoms with Gasteiger partial charge in [0.1, 0.15) is 0 Å². The number of nitrogens with one attached hydrogen (secondary N) is 1. The summed E-state index contributed by atoms with van der Waals surface area (Å²) < 4.78 is 11.2. The third-order valence-corrected chi connectivity index (χ3v) is 2.65. The molecule has 0 amide bonds. The molecule has 0 aromatic carbocycles. The summed E-state index contributed by atoms with van der Waals surface area (Å²) >= 11 is 0. The number of hydrogen-bond donors (Lipinski definition) is 1. The Morgan fingerprint density at radius 2 is 2.18 bits per heavy atom. The van der Waals surface area contributed by atoms with Gasteiger partial charge in [0.25, 0.3) is 0 Å². The largest absolute Gasteiger partial charge is 0.350 e. The van der Waals surface area contributed by atoms with Gasteiger partial charge in [-0.1, -0.05) is 0 Å². The first-order valence-corrected chi connectivity index (χ1v) is 4.30. The zero-order valence-electron chi connectivity index (χ0n) is 6.93. The Labute approximate surface area is 67.1 Å². The third kappa shape index (κ3) is 1.28. The quantitative estimate of drug-likeness (QED) is 0.550. The molecule has 2 heterocycles. The second kappa shape index (κ2) is 2.73. The predicted octanol–water partition coefficient (Wildman–Crippen LogP) is 0.359. The van der Waals surface area contributed by atoms with Crippen LogP contribution >= 0.6 is 0 Å². The normalized spacial score (nSPS) is 45.0. The highest BCUT2D eigenvalue weighted by Gasteiger charge is 2.41. The Hall–Kier alpha value is -0.120. The standard InChI is InChI=1S/C8H15NO2/c1-8-7(2-4-10-8)6-9-3-5-11-8/h7,9H,2-6H2,1H3/t7-,8+/m0/s1. The van der Waals surface area contributed by atoms with E-state index in [1.165, 1.54) is 0 Å². The van der Waals surface area contributed by atoms with Crippen molar-refractivity contribution in [1.29, 1.82) is 0 Å². The molecule has 2 atom stereocenters. The summed E-state index contributed by atoms with van der Waals surface area (Å²) in [5, 5.41) is 3.34. The van der Waals surface area contributed by atoms with Crippen LogP contribution in [-0.2, 0) is 9.47 Å². The molecular formula is C8H15NO2. The highest BCUT2D eigenvalue weighted by Crippen LogP contribution is 2.33. The fraction of sp³-hybridized carbons (Fsp3) is 1.00. The van der Waals surface area contributed by atoms with Gasteiger partial charge in [0.05, 0.1) is 13.2 Å². The van der Waals surface area contributed by atoms with E-state index in [9.17, 15) is 0 Å². The van der Waals surface area contributed by atoms with Crippen LogP contribution < -0.4 is 5.32 Å². The van der Waals surface area contributed by atoms with Gasteiger partial charge in [-0.15, -0.1) is 0 Å². The van der Waals surface area contributed by atoms with E-state index >= 15 is 0 Å². The summed E-state index contributed by atoms with van der Waals surface area (Å²) in [7, 11) is 0. The van der Waals surface area contributed by atoms with Crippen LogP contribution in [-0.4, -0.2) is 32.1 Å². The topological polar surface area (TPSA) is 30.5 Å². The molecule has 2 fully saturated rings. The zero-order valence-corrected chi connectivity index (χ0v) is 6.93. The van der Waals surface area contributed by atoms with Crippen molar-refractivity contribution in [2.45, 2.75) is 19.1 Å². The first kappa shape index (κ1) is 7.53. The minimum absolute atomic E-state index is 0.288. The van der Waals surface area contributed by atoms with Gasteiger partial charge < -0.3 is 14.8 Å². The summed E-state index contributed by atoms with van der Waals surface area (Å²) in [4.78, 5) is 0. The summed E-state index contributed by atoms with van der Waals surface area (Å²) in [6.45, 7) is 5.67. The molecule has 0 unspecified atom stereocenters. The van der Waals surface area contributed by atoms with Crippen LogP contribution in [0.4, 0.5) is 0 Å². The molecule has 3 heteroatoms. The van der Waals surface area contributed by atoms with E-state index < -0.39 is 0 Å². The third-order valence-electron chi connectivity index (χ3n) is 2.65. The highest BCUT2D eigenvalue weighted by molar-refractivity contribution is 4.84. The maximum atomic E-state index is 5.63. The fourth-order valence-corrected chi connectivity index (χ4v) is 1.83. The number of hydrogen-bond acceptors (Lipinski definition) is 3. The van der Waals surface area contributed by atoms with Crippen molar-refractivity contribution >= 4 is 0 Å². The Balaban J connectivity index is 2.09. The van der Waals surface area contributed by atoms with E-state index in [4.69, 9.17) is 9.47 Å². The van der Waals surface area contributed by atoms with Crippen LogP contribution in [0.1, 0.15) is 13.3 Å². The molecular weight excluding hydrogens is 142 g/mol. The number of ether oxygens (including phenoxy) is 2. The molecule has 0 spiro atoms. The lowest BCUT2D eigenvalue weighted by Gasteiger charge is -2.27. The van der Waals surface area contributed by atoms with E-state index in [1.807, 2.05) is 0 Å². The van der Waals surface area contributed by atoms with Crippen molar-refractivity contribution in [3.8, 4) is 0 Å². The van der Waals surface area contributed by atoms with Gasteiger partial charge in [-0.05, 0) is 13.3 Å². The van der Waals surface area contributed by atoms with Crippen molar-refractivity contribution in [3.05, 3.63) is 0 Å². The lowest BCUT2D eigenvalue weighted by Crippen LogP contribution is -2.36. The van der Waals surface area contributed by atoms with Crippen molar-refractivity contribution in [2.24, 2.45) is 5.92 Å². The van der Waals surface area contributed by atoms with Gasteiger partial charge >= 0.3 is 0 Å². The first-order chi connectivity index (χ1) is 5.31. The maximum absolute atomic E-state index is 5.63. The van der Waals surface area contributed by atoms with Gasteiger partial charge in [0.2, 0.25) is 0 Å². The van der Waals surface area contributed by atoms with Crippen LogP contribution in [0.15, 0.2) is 0 Å². The Kier molecular flexibility index (Phi) is 1.87. The van der Waals surface area contributed by atoms with Crippen LogP contribution in [0.2, 0.25) is 0 Å². The van der Waals surface area contributed by atoms with Gasteiger partial charge in [-0.3, -0.25) is 0 Å². The van der Waals surface area contributed by atoms with Crippen molar-refractivity contribution in [2.75, 3.05) is 26.3 Å². The fourth-order valence-electron chi connectivity index (χ4n) is 1.83. The minimum atomic E-state index is -0.288. The highest BCUT2D eigenvalue weighted by atomic mass is 16.7. The molecule has 64 valence electrons. The molecule has 0 aromatic rings. The molecule has 0 radical (unpaired) electrons. The van der Waals surface area contributed by atoms with Gasteiger partial charge in [0, 0.05) is 19.0 Å². The van der Waals surface area contributed by atoms with E-state index in [2.05, 4.69) is 12.2 Å². The lowest BCUT2D eigenvalue weighted by molar-refractivity contribution is -0.210. The molecule has 0 saturated carbocycles. The Morgan fingerprint density at radius 3 is 3.09 bits per heavy atom. The Morgan fingerprint density at radius 1 is 1.36 bits per heavy atom. The molecule has 2 saturated heterocycles. The maximum Gasteiger partial charge on any atom is 0.169 e. The molecule has 2 aliphatic heterocycles. The van der Waals surface area contributed by atoms with E-state index in [0.29, 0.717) is 5.92 Å². The molecule has 2 aliphatic rings. The van der Waals surface area contributed by atoms with Gasteiger partial charge in [-0.2, -0.15) is 0 Å². The van der Waals surface area contributed by atoms with E-state index in [-0.39, 0.29) is 5.79 Å². The minimum Gasteiger partial charge on any atom is -0.350 e. The monoisotopic (exact) mass is 157 g/mol. The molecule has 2 rings (SSSR count). The van der Waals surface area contributed by atoms with Crippen LogP contribution in [0.25, 0.3) is 0 Å². The summed E-state index contributed by atoms with van der Waals surface area (Å²) in [5.41, 5.74) is 0. The van der Waals surface area contributed by atoms with E-state index in [0.717, 1.165) is 32.7 Å². The molecule has 11 heavy (non-hydrogen) atoms. The molecule has 3 nitrogen and oxygen atoms in total. The Bertz CT molecular complexity index is 151. The molecule has 1 N–H and O–H groups in total. The van der Waals surface area contributed by atoms with Gasteiger partial charge in [-0.25, -0.2) is 0 Å². The second-order valence-electron chi connectivity index (χ2n) is 3.40. The number of fused-ring (bicyclic) bond motifs is 1. The number of rotatable bonds is 0. The predicted molar refractivity (Wildman–Crippen MR) is 41.3 cm³/mol. The zero-order chi connectivity index (χ0) is 7.73. The average molecular weight is 157 g/mol. The lowest BCUT2D eigenvalue weighted by atomic mass is 10.00.